The summed E-state index contributed by atoms with van der Waals surface area (Å²) in [7, 11) is 0. The number of halogens is 3. The summed E-state index contributed by atoms with van der Waals surface area (Å²) < 4.78 is 42.1. The second kappa shape index (κ2) is 7.94. The SMILES string of the molecule is O=C(c1cc2nc(-c3ccc([N+](=O)[O-])cc3)cc(C(F)(F)F)n2n1)N1CCc2ccccc2C1. The topological polar surface area (TPSA) is 93.6 Å². The molecule has 4 aromatic rings. The molecule has 0 atom stereocenters. The van der Waals surface area contributed by atoms with Crippen molar-refractivity contribution >= 4 is 17.2 Å². The van der Waals surface area contributed by atoms with E-state index in [0.29, 0.717) is 24.0 Å². The van der Waals surface area contributed by atoms with Crippen LogP contribution in [0.25, 0.3) is 16.9 Å². The van der Waals surface area contributed by atoms with Gasteiger partial charge < -0.3 is 4.90 Å². The Morgan fingerprint density at radius 2 is 1.74 bits per heavy atom. The maximum absolute atomic E-state index is 13.8. The summed E-state index contributed by atoms with van der Waals surface area (Å²) in [5.74, 6) is -0.481. The Hall–Kier alpha value is -4.28. The summed E-state index contributed by atoms with van der Waals surface area (Å²) in [5, 5.41) is 14.8. The zero-order valence-corrected chi connectivity index (χ0v) is 17.5. The van der Waals surface area contributed by atoms with Gasteiger partial charge in [0.2, 0.25) is 0 Å². The molecule has 11 heteroatoms. The second-order valence-electron chi connectivity index (χ2n) is 7.87. The molecule has 172 valence electrons. The van der Waals surface area contributed by atoms with Crippen molar-refractivity contribution in [3.8, 4) is 11.3 Å². The van der Waals surface area contributed by atoms with Gasteiger partial charge in [0.15, 0.2) is 17.0 Å². The molecule has 0 aliphatic carbocycles. The van der Waals surface area contributed by atoms with E-state index < -0.39 is 22.7 Å². The third-order valence-electron chi connectivity index (χ3n) is 5.73. The minimum Gasteiger partial charge on any atom is -0.333 e. The number of carbonyl (C=O) groups is 1. The lowest BCUT2D eigenvalue weighted by atomic mass is 10.00. The second-order valence-corrected chi connectivity index (χ2v) is 7.87. The van der Waals surface area contributed by atoms with Gasteiger partial charge in [-0.2, -0.15) is 18.3 Å². The zero-order chi connectivity index (χ0) is 24.0. The van der Waals surface area contributed by atoms with E-state index in [4.69, 9.17) is 0 Å². The van der Waals surface area contributed by atoms with E-state index in [2.05, 4.69) is 10.1 Å². The molecule has 2 aromatic heterocycles. The van der Waals surface area contributed by atoms with E-state index in [-0.39, 0.29) is 28.3 Å². The van der Waals surface area contributed by atoms with Crippen LogP contribution in [0, 0.1) is 10.1 Å². The van der Waals surface area contributed by atoms with Gasteiger partial charge in [-0.05, 0) is 35.7 Å². The van der Waals surface area contributed by atoms with Crippen LogP contribution in [-0.2, 0) is 19.1 Å². The number of hydrogen-bond donors (Lipinski definition) is 0. The molecule has 5 rings (SSSR count). The molecule has 0 spiro atoms. The van der Waals surface area contributed by atoms with Crippen LogP contribution in [0.2, 0.25) is 0 Å². The summed E-state index contributed by atoms with van der Waals surface area (Å²) in [5.41, 5.74) is 0.758. The monoisotopic (exact) mass is 467 g/mol. The molecule has 0 radical (unpaired) electrons. The van der Waals surface area contributed by atoms with Crippen molar-refractivity contribution in [1.82, 2.24) is 19.5 Å². The first-order valence-corrected chi connectivity index (χ1v) is 10.3. The lowest BCUT2D eigenvalue weighted by molar-refractivity contribution is -0.384. The van der Waals surface area contributed by atoms with Crippen LogP contribution >= 0.6 is 0 Å². The average molecular weight is 467 g/mol. The van der Waals surface area contributed by atoms with Crippen LogP contribution in [0.5, 0.6) is 0 Å². The Kier molecular flexibility index (Phi) is 5.03. The van der Waals surface area contributed by atoms with Gasteiger partial charge >= 0.3 is 6.18 Å². The van der Waals surface area contributed by atoms with Gasteiger partial charge in [0.05, 0.1) is 10.6 Å². The van der Waals surface area contributed by atoms with Crippen molar-refractivity contribution in [2.45, 2.75) is 19.1 Å². The average Bonchev–Trinajstić information content (AvgIpc) is 3.26. The van der Waals surface area contributed by atoms with E-state index in [1.165, 1.54) is 30.3 Å². The normalized spacial score (nSPS) is 13.7. The van der Waals surface area contributed by atoms with Crippen LogP contribution < -0.4 is 0 Å². The highest BCUT2D eigenvalue weighted by atomic mass is 19.4. The Labute approximate surface area is 190 Å². The number of hydrogen-bond acceptors (Lipinski definition) is 5. The van der Waals surface area contributed by atoms with Crippen molar-refractivity contribution in [3.63, 3.8) is 0 Å². The highest BCUT2D eigenvalue weighted by Crippen LogP contribution is 2.33. The first kappa shape index (κ1) is 21.6. The fourth-order valence-electron chi connectivity index (χ4n) is 4.01. The Morgan fingerprint density at radius 3 is 2.41 bits per heavy atom. The third kappa shape index (κ3) is 3.85. The number of non-ortho nitro benzene ring substituents is 1. The molecule has 8 nitrogen and oxygen atoms in total. The predicted octanol–water partition coefficient (Wildman–Crippen LogP) is 4.52. The van der Waals surface area contributed by atoms with Gasteiger partial charge in [-0.25, -0.2) is 9.50 Å². The van der Waals surface area contributed by atoms with Crippen molar-refractivity contribution in [3.05, 3.63) is 93.3 Å². The summed E-state index contributed by atoms with van der Waals surface area (Å²) in [6.45, 7) is 0.772. The number of benzene rings is 2. The maximum atomic E-state index is 13.8. The van der Waals surface area contributed by atoms with E-state index in [0.717, 1.165) is 17.2 Å². The van der Waals surface area contributed by atoms with Crippen molar-refractivity contribution < 1.29 is 22.9 Å². The smallest absolute Gasteiger partial charge is 0.333 e. The molecule has 0 unspecified atom stereocenters. The molecule has 1 aliphatic heterocycles. The summed E-state index contributed by atoms with van der Waals surface area (Å²) in [4.78, 5) is 29.1. The van der Waals surface area contributed by atoms with Gasteiger partial charge in [0, 0.05) is 36.9 Å². The zero-order valence-electron chi connectivity index (χ0n) is 17.5. The Bertz CT molecular complexity index is 1430. The van der Waals surface area contributed by atoms with Crippen LogP contribution in [0.15, 0.2) is 60.7 Å². The van der Waals surface area contributed by atoms with E-state index >= 15 is 0 Å². The van der Waals surface area contributed by atoms with Crippen molar-refractivity contribution in [1.29, 1.82) is 0 Å². The number of nitrogens with zero attached hydrogens (tertiary/aromatic N) is 5. The highest BCUT2D eigenvalue weighted by molar-refractivity contribution is 5.93. The fourth-order valence-corrected chi connectivity index (χ4v) is 4.01. The van der Waals surface area contributed by atoms with E-state index in [1.807, 2.05) is 24.3 Å². The molecule has 1 aliphatic rings. The van der Waals surface area contributed by atoms with Gasteiger partial charge in [0.25, 0.3) is 11.6 Å². The van der Waals surface area contributed by atoms with Crippen molar-refractivity contribution in [2.75, 3.05) is 6.54 Å². The molecular formula is C23H16F3N5O3. The lowest BCUT2D eigenvalue weighted by Crippen LogP contribution is -2.36. The molecule has 2 aromatic carbocycles. The molecule has 0 bridgehead atoms. The number of rotatable bonds is 3. The number of nitro groups is 1. The number of nitro benzene ring substituents is 1. The van der Waals surface area contributed by atoms with Gasteiger partial charge in [-0.15, -0.1) is 0 Å². The van der Waals surface area contributed by atoms with E-state index in [1.54, 1.807) is 4.90 Å². The standard InChI is InChI=1S/C23H16F3N5O3/c24-23(25,26)20-11-18(15-5-7-17(8-6-15)31(33)34)27-21-12-19(28-30(20)21)22(32)29-10-9-14-3-1-2-4-16(14)13-29/h1-8,11-12H,9-10,13H2. The van der Waals surface area contributed by atoms with Crippen molar-refractivity contribution in [2.24, 2.45) is 0 Å². The predicted molar refractivity (Wildman–Crippen MR) is 115 cm³/mol. The first-order chi connectivity index (χ1) is 16.2. The summed E-state index contributed by atoms with van der Waals surface area (Å²) in [6, 6.07) is 14.8. The maximum Gasteiger partial charge on any atom is 0.433 e. The molecular weight excluding hydrogens is 451 g/mol. The molecule has 3 heterocycles. The molecule has 0 N–H and O–H groups in total. The molecule has 0 saturated carbocycles. The molecule has 34 heavy (non-hydrogen) atoms. The number of amides is 1. The number of carbonyl (C=O) groups excluding carboxylic acids is 1. The lowest BCUT2D eigenvalue weighted by Gasteiger charge is -2.28. The van der Waals surface area contributed by atoms with Gasteiger partial charge in [0.1, 0.15) is 0 Å². The Balaban J connectivity index is 1.54. The van der Waals surface area contributed by atoms with Crippen LogP contribution in [-0.4, -0.2) is 36.9 Å². The summed E-state index contributed by atoms with van der Waals surface area (Å²) >= 11 is 0. The van der Waals surface area contributed by atoms with Crippen LogP contribution in [0.3, 0.4) is 0 Å². The minimum atomic E-state index is -4.77. The fraction of sp³-hybridized carbons (Fsp3) is 0.174. The van der Waals surface area contributed by atoms with Gasteiger partial charge in [-0.1, -0.05) is 24.3 Å². The number of fused-ring (bicyclic) bond motifs is 2. The minimum absolute atomic E-state index is 0.0412. The third-order valence-corrected chi connectivity index (χ3v) is 5.73. The first-order valence-electron chi connectivity index (χ1n) is 10.3. The van der Waals surface area contributed by atoms with Crippen LogP contribution in [0.4, 0.5) is 18.9 Å². The molecule has 1 amide bonds. The summed E-state index contributed by atoms with van der Waals surface area (Å²) in [6.07, 6.45) is -4.13. The van der Waals surface area contributed by atoms with Crippen LogP contribution in [0.1, 0.15) is 27.3 Å². The highest BCUT2D eigenvalue weighted by Gasteiger charge is 2.36. The largest absolute Gasteiger partial charge is 0.433 e. The number of aromatic nitrogens is 3. The quantitative estimate of drug-likeness (QED) is 0.326. The van der Waals surface area contributed by atoms with E-state index in [9.17, 15) is 28.1 Å². The Morgan fingerprint density at radius 1 is 1.03 bits per heavy atom. The molecule has 0 fully saturated rings. The van der Waals surface area contributed by atoms with Gasteiger partial charge in [-0.3, -0.25) is 14.9 Å². The number of alkyl halides is 3. The molecule has 0 saturated heterocycles.